The van der Waals surface area contributed by atoms with Gasteiger partial charge in [0.1, 0.15) is 0 Å². The van der Waals surface area contributed by atoms with Gasteiger partial charge < -0.3 is 9.47 Å². The number of Topliss-reactive ketones (excluding diaryl/α,β-unsaturated/α-hetero) is 1. The highest BCUT2D eigenvalue weighted by molar-refractivity contribution is 5.94. The second kappa shape index (κ2) is 5.16. The van der Waals surface area contributed by atoms with E-state index in [1.807, 2.05) is 0 Å². The first-order valence-electron chi connectivity index (χ1n) is 6.09. The van der Waals surface area contributed by atoms with Crippen molar-refractivity contribution >= 4 is 11.4 Å². The first-order valence-corrected chi connectivity index (χ1v) is 6.09. The molecule has 3 rings (SSSR count). The largest absolute Gasteiger partial charge is 0.493 e. The van der Waals surface area contributed by atoms with Crippen LogP contribution in [0.2, 0.25) is 0 Å². The van der Waals surface area contributed by atoms with Gasteiger partial charge in [-0.2, -0.15) is 0 Å². The van der Waals surface area contributed by atoms with Crippen molar-refractivity contribution in [3.63, 3.8) is 0 Å². The normalized spacial score (nSPS) is 10.6. The number of carbonyl (C=O) groups excluding carboxylic acids is 1. The van der Waals surface area contributed by atoms with Gasteiger partial charge in [-0.15, -0.1) is 14.8 Å². The van der Waals surface area contributed by atoms with Crippen LogP contribution in [0.5, 0.6) is 17.4 Å². The number of carbonyl (C=O) groups is 1. The summed E-state index contributed by atoms with van der Waals surface area (Å²) in [4.78, 5) is 11.4. The Kier molecular flexibility index (Phi) is 3.19. The van der Waals surface area contributed by atoms with Gasteiger partial charge in [0.05, 0.1) is 7.11 Å². The number of hydrogen-bond acceptors (Lipinski definition) is 7. The lowest BCUT2D eigenvalue weighted by Crippen LogP contribution is -1.99. The number of hydrogen-bond donors (Lipinski definition) is 0. The highest BCUT2D eigenvalue weighted by Gasteiger charge is 2.10. The number of nitrogens with zero attached hydrogens (tertiary/aromatic N) is 5. The maximum atomic E-state index is 11.4. The second-order valence-electron chi connectivity index (χ2n) is 4.22. The lowest BCUT2D eigenvalue weighted by molar-refractivity contribution is 0.101. The second-order valence-corrected chi connectivity index (χ2v) is 4.22. The monoisotopic (exact) mass is 285 g/mol. The molecule has 8 heteroatoms. The fourth-order valence-electron chi connectivity index (χ4n) is 1.77. The SMILES string of the molecule is COc1cc(C(C)=O)ccc1Oc1ccc2nnnn2n1. The summed E-state index contributed by atoms with van der Waals surface area (Å²) >= 11 is 0. The van der Waals surface area contributed by atoms with Crippen LogP contribution in [0.3, 0.4) is 0 Å². The summed E-state index contributed by atoms with van der Waals surface area (Å²) in [7, 11) is 1.50. The Labute approximate surface area is 119 Å². The van der Waals surface area contributed by atoms with E-state index in [9.17, 15) is 4.79 Å². The summed E-state index contributed by atoms with van der Waals surface area (Å²) in [6, 6.07) is 8.26. The predicted molar refractivity (Wildman–Crippen MR) is 71.6 cm³/mol. The Bertz CT molecular complexity index is 814. The summed E-state index contributed by atoms with van der Waals surface area (Å²) in [5.41, 5.74) is 1.06. The molecule has 0 spiro atoms. The quantitative estimate of drug-likeness (QED) is 0.671. The van der Waals surface area contributed by atoms with Gasteiger partial charge in [0, 0.05) is 11.6 Å². The summed E-state index contributed by atoms with van der Waals surface area (Å²) < 4.78 is 12.1. The molecule has 1 aromatic carbocycles. The first kappa shape index (κ1) is 13.0. The van der Waals surface area contributed by atoms with Gasteiger partial charge in [-0.25, -0.2) is 0 Å². The third-order valence-corrected chi connectivity index (χ3v) is 2.83. The van der Waals surface area contributed by atoms with E-state index in [1.54, 1.807) is 30.3 Å². The molecule has 0 saturated carbocycles. The Hall–Kier alpha value is -3.03. The van der Waals surface area contributed by atoms with Crippen LogP contribution in [0, 0.1) is 0 Å². The molecule has 21 heavy (non-hydrogen) atoms. The average molecular weight is 285 g/mol. The smallest absolute Gasteiger partial charge is 0.239 e. The van der Waals surface area contributed by atoms with Crippen molar-refractivity contribution in [2.24, 2.45) is 0 Å². The molecule has 0 aliphatic carbocycles. The lowest BCUT2D eigenvalue weighted by Gasteiger charge is -2.10. The zero-order valence-corrected chi connectivity index (χ0v) is 11.3. The molecule has 0 atom stereocenters. The number of rotatable bonds is 4. The molecule has 8 nitrogen and oxygen atoms in total. The van der Waals surface area contributed by atoms with Gasteiger partial charge in [-0.05, 0) is 41.6 Å². The van der Waals surface area contributed by atoms with Crippen LogP contribution >= 0.6 is 0 Å². The maximum absolute atomic E-state index is 11.4. The minimum absolute atomic E-state index is 0.0481. The number of fused-ring (bicyclic) bond motifs is 1. The molecule has 0 aliphatic rings. The Morgan fingerprint density at radius 1 is 1.19 bits per heavy atom. The van der Waals surface area contributed by atoms with Crippen molar-refractivity contribution < 1.29 is 14.3 Å². The number of ether oxygens (including phenoxy) is 2. The molecule has 3 aromatic rings. The molecule has 0 bridgehead atoms. The standard InChI is InChI=1S/C13H11N5O3/c1-8(19)9-3-4-10(11(7-9)20-2)21-13-6-5-12-14-16-17-18(12)15-13/h3-7H,1-2H3. The molecule has 0 N–H and O–H groups in total. The molecule has 0 unspecified atom stereocenters. The van der Waals surface area contributed by atoms with Crippen molar-refractivity contribution in [3.05, 3.63) is 35.9 Å². The Balaban J connectivity index is 1.94. The number of aromatic nitrogens is 5. The average Bonchev–Trinajstić information content (AvgIpc) is 2.95. The molecule has 2 aromatic heterocycles. The van der Waals surface area contributed by atoms with E-state index >= 15 is 0 Å². The zero-order valence-electron chi connectivity index (χ0n) is 11.3. The third kappa shape index (κ3) is 2.50. The van der Waals surface area contributed by atoms with E-state index in [-0.39, 0.29) is 5.78 Å². The summed E-state index contributed by atoms with van der Waals surface area (Å²) in [6.45, 7) is 1.49. The molecule has 0 amide bonds. The van der Waals surface area contributed by atoms with Crippen LogP contribution in [0.25, 0.3) is 5.65 Å². The molecular formula is C13H11N5O3. The topological polar surface area (TPSA) is 91.5 Å². The minimum atomic E-state index is -0.0481. The molecule has 0 saturated heterocycles. The van der Waals surface area contributed by atoms with Crippen LogP contribution in [0.4, 0.5) is 0 Å². The van der Waals surface area contributed by atoms with Crippen LogP contribution in [-0.2, 0) is 0 Å². The van der Waals surface area contributed by atoms with Crippen LogP contribution < -0.4 is 9.47 Å². The van der Waals surface area contributed by atoms with Gasteiger partial charge >= 0.3 is 0 Å². The zero-order chi connectivity index (χ0) is 14.8. The molecule has 0 radical (unpaired) electrons. The van der Waals surface area contributed by atoms with Gasteiger partial charge in [-0.1, -0.05) is 0 Å². The van der Waals surface area contributed by atoms with Crippen LogP contribution in [0.1, 0.15) is 17.3 Å². The van der Waals surface area contributed by atoms with E-state index in [4.69, 9.17) is 9.47 Å². The van der Waals surface area contributed by atoms with Crippen molar-refractivity contribution in [2.75, 3.05) is 7.11 Å². The highest BCUT2D eigenvalue weighted by Crippen LogP contribution is 2.31. The summed E-state index contributed by atoms with van der Waals surface area (Å²) in [6.07, 6.45) is 0. The van der Waals surface area contributed by atoms with Gasteiger partial charge in [0.25, 0.3) is 0 Å². The van der Waals surface area contributed by atoms with Crippen LogP contribution in [0.15, 0.2) is 30.3 Å². The summed E-state index contributed by atoms with van der Waals surface area (Å²) in [5, 5.41) is 15.0. The van der Waals surface area contributed by atoms with E-state index in [1.165, 1.54) is 18.7 Å². The van der Waals surface area contributed by atoms with Gasteiger partial charge in [0.2, 0.25) is 5.88 Å². The number of methoxy groups -OCH3 is 1. The minimum Gasteiger partial charge on any atom is -0.493 e. The summed E-state index contributed by atoms with van der Waals surface area (Å²) in [5.74, 6) is 1.15. The van der Waals surface area contributed by atoms with Crippen molar-refractivity contribution in [1.29, 1.82) is 0 Å². The lowest BCUT2D eigenvalue weighted by atomic mass is 10.1. The Morgan fingerprint density at radius 2 is 2.05 bits per heavy atom. The third-order valence-electron chi connectivity index (χ3n) is 2.83. The van der Waals surface area contributed by atoms with E-state index in [2.05, 4.69) is 20.6 Å². The molecule has 0 aliphatic heterocycles. The van der Waals surface area contributed by atoms with Gasteiger partial charge in [0.15, 0.2) is 22.9 Å². The van der Waals surface area contributed by atoms with E-state index < -0.39 is 0 Å². The molecule has 2 heterocycles. The van der Waals surface area contributed by atoms with Crippen molar-refractivity contribution in [1.82, 2.24) is 25.3 Å². The van der Waals surface area contributed by atoms with Crippen LogP contribution in [-0.4, -0.2) is 38.1 Å². The fourth-order valence-corrected chi connectivity index (χ4v) is 1.77. The maximum Gasteiger partial charge on any atom is 0.239 e. The van der Waals surface area contributed by atoms with E-state index in [0.717, 1.165) is 0 Å². The number of tetrazole rings is 1. The molecular weight excluding hydrogens is 274 g/mol. The predicted octanol–water partition coefficient (Wildman–Crippen LogP) is 1.52. The highest BCUT2D eigenvalue weighted by atomic mass is 16.5. The van der Waals surface area contributed by atoms with E-state index in [0.29, 0.717) is 28.6 Å². The van der Waals surface area contributed by atoms with Crippen molar-refractivity contribution in [3.8, 4) is 17.4 Å². The molecule has 0 fully saturated rings. The number of ketones is 1. The fraction of sp³-hybridized carbons (Fsp3) is 0.154. The Morgan fingerprint density at radius 3 is 2.81 bits per heavy atom. The number of benzene rings is 1. The molecule has 106 valence electrons. The first-order chi connectivity index (χ1) is 10.2. The van der Waals surface area contributed by atoms with Crippen molar-refractivity contribution in [2.45, 2.75) is 6.92 Å². The van der Waals surface area contributed by atoms with Gasteiger partial charge in [-0.3, -0.25) is 4.79 Å².